The highest BCUT2D eigenvalue weighted by molar-refractivity contribution is 8.04. The first-order valence-corrected chi connectivity index (χ1v) is 10.8. The summed E-state index contributed by atoms with van der Waals surface area (Å²) in [6, 6.07) is 0. The summed E-state index contributed by atoms with van der Waals surface area (Å²) < 4.78 is 56.9. The quantitative estimate of drug-likeness (QED) is 0.609. The van der Waals surface area contributed by atoms with Crippen molar-refractivity contribution >= 4 is 32.0 Å². The molecule has 2 fully saturated rings. The van der Waals surface area contributed by atoms with Gasteiger partial charge in [0.1, 0.15) is 6.61 Å². The number of esters is 2. The summed E-state index contributed by atoms with van der Waals surface area (Å²) in [5.74, 6) is -2.61. The van der Waals surface area contributed by atoms with Crippen LogP contribution in [0.25, 0.3) is 0 Å². The fraction of sp³-hybridized carbons (Fsp3) is 0.846. The predicted octanol–water partition coefficient (Wildman–Crippen LogP) is -0.469. The van der Waals surface area contributed by atoms with Gasteiger partial charge in [-0.25, -0.2) is 16.8 Å². The summed E-state index contributed by atoms with van der Waals surface area (Å²) in [5.41, 5.74) is -2.26. The Morgan fingerprint density at radius 3 is 2.21 bits per heavy atom. The van der Waals surface area contributed by atoms with E-state index in [2.05, 4.69) is 0 Å². The van der Waals surface area contributed by atoms with Gasteiger partial charge in [-0.15, -0.1) is 4.13 Å². The van der Waals surface area contributed by atoms with E-state index in [9.17, 15) is 26.4 Å². The first-order chi connectivity index (χ1) is 10.6. The smallest absolute Gasteiger partial charge is 0.322 e. The molecular weight excluding hydrogens is 362 g/mol. The monoisotopic (exact) mass is 383 g/mol. The average molecular weight is 383 g/mol. The van der Waals surface area contributed by atoms with Crippen molar-refractivity contribution in [2.75, 3.05) is 18.6 Å². The molecule has 138 valence electrons. The minimum Gasteiger partial charge on any atom is -0.461 e. The molecule has 0 spiro atoms. The number of ether oxygens (including phenoxy) is 2. The zero-order chi connectivity index (χ0) is 18.6. The van der Waals surface area contributed by atoms with Crippen LogP contribution in [0.15, 0.2) is 0 Å². The van der Waals surface area contributed by atoms with Crippen molar-refractivity contribution in [3.63, 3.8) is 0 Å². The molecule has 2 bridgehead atoms. The normalized spacial score (nSPS) is 31.8. The van der Waals surface area contributed by atoms with Crippen molar-refractivity contribution in [3.8, 4) is 0 Å². The molecule has 9 nitrogen and oxygen atoms in total. The SMILES string of the molecule is CC12CCC(COC(=O)CS(=O)(=O)NS(C)(=O)=O)(OC1=O)C2(C)C. The van der Waals surface area contributed by atoms with Crippen molar-refractivity contribution in [3.05, 3.63) is 0 Å². The van der Waals surface area contributed by atoms with Crippen molar-refractivity contribution in [2.45, 2.75) is 39.2 Å². The lowest BCUT2D eigenvalue weighted by Crippen LogP contribution is -2.46. The maximum atomic E-state index is 12.1. The molecule has 24 heavy (non-hydrogen) atoms. The molecule has 0 aromatic heterocycles. The van der Waals surface area contributed by atoms with E-state index in [0.29, 0.717) is 19.1 Å². The van der Waals surface area contributed by atoms with Crippen LogP contribution >= 0.6 is 0 Å². The molecule has 0 radical (unpaired) electrons. The summed E-state index contributed by atoms with van der Waals surface area (Å²) in [6.07, 6.45) is 1.75. The van der Waals surface area contributed by atoms with E-state index in [-0.39, 0.29) is 12.6 Å². The van der Waals surface area contributed by atoms with Gasteiger partial charge >= 0.3 is 11.9 Å². The topological polar surface area (TPSA) is 133 Å². The molecule has 0 aromatic carbocycles. The van der Waals surface area contributed by atoms with Gasteiger partial charge in [-0.2, -0.15) is 0 Å². The van der Waals surface area contributed by atoms with E-state index in [1.54, 1.807) is 6.92 Å². The number of hydrogen-bond donors (Lipinski definition) is 1. The van der Waals surface area contributed by atoms with Gasteiger partial charge in [0.15, 0.2) is 11.4 Å². The zero-order valence-corrected chi connectivity index (χ0v) is 15.5. The van der Waals surface area contributed by atoms with Crippen LogP contribution in [0.1, 0.15) is 33.6 Å². The summed E-state index contributed by atoms with van der Waals surface area (Å²) in [6.45, 7) is 5.22. The number of fused-ring (bicyclic) bond motifs is 2. The molecule has 2 rings (SSSR count). The van der Waals surface area contributed by atoms with Crippen LogP contribution in [0.2, 0.25) is 0 Å². The molecule has 1 N–H and O–H groups in total. The Labute approximate surface area is 141 Å². The summed E-state index contributed by atoms with van der Waals surface area (Å²) in [5, 5.41) is 0. The molecule has 1 saturated carbocycles. The van der Waals surface area contributed by atoms with Gasteiger partial charge in [-0.3, -0.25) is 9.59 Å². The van der Waals surface area contributed by atoms with E-state index < -0.39 is 48.2 Å². The Bertz CT molecular complexity index is 785. The maximum Gasteiger partial charge on any atom is 0.322 e. The number of rotatable bonds is 6. The molecule has 1 aliphatic carbocycles. The van der Waals surface area contributed by atoms with E-state index in [1.165, 1.54) is 4.13 Å². The first-order valence-electron chi connectivity index (χ1n) is 7.25. The zero-order valence-electron chi connectivity index (χ0n) is 13.9. The molecular formula is C13H21NO8S2. The summed E-state index contributed by atoms with van der Waals surface area (Å²) in [4.78, 5) is 23.8. The highest BCUT2D eigenvalue weighted by atomic mass is 32.3. The highest BCUT2D eigenvalue weighted by Crippen LogP contribution is 2.65. The molecule has 11 heteroatoms. The Morgan fingerprint density at radius 2 is 1.79 bits per heavy atom. The number of carbonyl (C=O) groups is 2. The van der Waals surface area contributed by atoms with Crippen LogP contribution in [0.5, 0.6) is 0 Å². The molecule has 1 heterocycles. The van der Waals surface area contributed by atoms with Gasteiger partial charge < -0.3 is 9.47 Å². The van der Waals surface area contributed by atoms with Crippen LogP contribution in [0, 0.1) is 10.8 Å². The molecule has 2 atom stereocenters. The molecule has 0 amide bonds. The molecule has 1 saturated heterocycles. The van der Waals surface area contributed by atoms with Crippen molar-refractivity contribution in [1.82, 2.24) is 4.13 Å². The lowest BCUT2D eigenvalue weighted by atomic mass is 9.66. The van der Waals surface area contributed by atoms with Gasteiger partial charge in [-0.1, -0.05) is 13.8 Å². The van der Waals surface area contributed by atoms with Crippen LogP contribution in [-0.4, -0.2) is 53.0 Å². The molecule has 1 aliphatic heterocycles. The molecule has 2 unspecified atom stereocenters. The fourth-order valence-electron chi connectivity index (χ4n) is 3.34. The summed E-state index contributed by atoms with van der Waals surface area (Å²) in [7, 11) is -8.39. The van der Waals surface area contributed by atoms with Crippen molar-refractivity contribution < 1.29 is 35.9 Å². The van der Waals surface area contributed by atoms with Gasteiger partial charge in [0.2, 0.25) is 20.0 Å². The summed E-state index contributed by atoms with van der Waals surface area (Å²) >= 11 is 0. The van der Waals surface area contributed by atoms with E-state index in [0.717, 1.165) is 0 Å². The van der Waals surface area contributed by atoms with Crippen molar-refractivity contribution in [2.24, 2.45) is 10.8 Å². The van der Waals surface area contributed by atoms with Crippen LogP contribution in [0.3, 0.4) is 0 Å². The fourth-order valence-corrected chi connectivity index (χ4v) is 5.82. The van der Waals surface area contributed by atoms with Gasteiger partial charge in [0.05, 0.1) is 11.7 Å². The molecule has 0 aromatic rings. The third kappa shape index (κ3) is 3.04. The van der Waals surface area contributed by atoms with E-state index >= 15 is 0 Å². The number of carbonyl (C=O) groups excluding carboxylic acids is 2. The van der Waals surface area contributed by atoms with Crippen LogP contribution in [-0.2, 0) is 39.1 Å². The maximum absolute atomic E-state index is 12.1. The van der Waals surface area contributed by atoms with Crippen molar-refractivity contribution in [1.29, 1.82) is 0 Å². The van der Waals surface area contributed by atoms with E-state index in [4.69, 9.17) is 9.47 Å². The lowest BCUT2D eigenvalue weighted by molar-refractivity contribution is -0.171. The Morgan fingerprint density at radius 1 is 1.21 bits per heavy atom. The van der Waals surface area contributed by atoms with Gasteiger partial charge in [-0.05, 0) is 19.8 Å². The largest absolute Gasteiger partial charge is 0.461 e. The Hall–Kier alpha value is -1.20. The number of sulfonamides is 2. The van der Waals surface area contributed by atoms with Crippen LogP contribution in [0.4, 0.5) is 0 Å². The van der Waals surface area contributed by atoms with Gasteiger partial charge in [0.25, 0.3) is 0 Å². The third-order valence-corrected chi connectivity index (χ3v) is 8.18. The molecule has 2 aliphatic rings. The second-order valence-electron chi connectivity index (χ2n) is 7.12. The van der Waals surface area contributed by atoms with Crippen LogP contribution < -0.4 is 4.13 Å². The number of nitrogens with one attached hydrogen (secondary N) is 1. The first kappa shape index (κ1) is 19.1. The minimum atomic E-state index is -4.37. The lowest BCUT2D eigenvalue weighted by Gasteiger charge is -2.36. The standard InChI is InChI=1S/C13H21NO8S2/c1-11(2)12(3)5-6-13(11,22-10(12)16)8-21-9(15)7-24(19,20)14-23(4,17)18/h14H,5-8H2,1-4H3. The highest BCUT2D eigenvalue weighted by Gasteiger charge is 2.73. The second-order valence-corrected chi connectivity index (χ2v) is 10.8. The second kappa shape index (κ2) is 5.40. The average Bonchev–Trinajstić information content (AvgIpc) is 2.62. The van der Waals surface area contributed by atoms with Gasteiger partial charge in [0, 0.05) is 5.41 Å². The number of hydrogen-bond acceptors (Lipinski definition) is 8. The minimum absolute atomic E-state index is 0.269. The predicted molar refractivity (Wildman–Crippen MR) is 82.7 cm³/mol. The Kier molecular flexibility index (Phi) is 4.30. The third-order valence-electron chi connectivity index (χ3n) is 5.34. The van der Waals surface area contributed by atoms with E-state index in [1.807, 2.05) is 13.8 Å². The Balaban J connectivity index is 2.04.